The summed E-state index contributed by atoms with van der Waals surface area (Å²) in [5.41, 5.74) is 1.07. The number of hydrogen-bond donors (Lipinski definition) is 1. The Kier molecular flexibility index (Phi) is 1.86. The van der Waals surface area contributed by atoms with E-state index in [2.05, 4.69) is 46.7 Å². The minimum atomic E-state index is 0.973. The van der Waals surface area contributed by atoms with Gasteiger partial charge < -0.3 is 5.32 Å². The van der Waals surface area contributed by atoms with Crippen LogP contribution in [0.1, 0.15) is 0 Å². The van der Waals surface area contributed by atoms with Gasteiger partial charge in [-0.15, -0.1) is 0 Å². The van der Waals surface area contributed by atoms with Gasteiger partial charge in [-0.25, -0.2) is 4.98 Å². The van der Waals surface area contributed by atoms with E-state index in [1.807, 2.05) is 7.05 Å². The molecular weight excluding hydrogens is 204 g/mol. The SMILES string of the molecule is CNc1nc2ccc3ccccc3c2s1. The van der Waals surface area contributed by atoms with Crippen LogP contribution in [0.5, 0.6) is 0 Å². The van der Waals surface area contributed by atoms with E-state index in [0.29, 0.717) is 0 Å². The second-order valence-corrected chi connectivity index (χ2v) is 4.40. The smallest absolute Gasteiger partial charge is 0.183 e. The number of nitrogens with one attached hydrogen (secondary N) is 1. The molecular formula is C12H10N2S. The molecule has 15 heavy (non-hydrogen) atoms. The van der Waals surface area contributed by atoms with Crippen LogP contribution in [0.3, 0.4) is 0 Å². The molecule has 1 aromatic heterocycles. The predicted octanol–water partition coefficient (Wildman–Crippen LogP) is 3.49. The number of thiazole rings is 1. The van der Waals surface area contributed by atoms with Gasteiger partial charge in [0.15, 0.2) is 5.13 Å². The normalized spacial score (nSPS) is 11.0. The standard InChI is InChI=1S/C12H10N2S/c1-13-12-14-10-7-6-8-4-2-3-5-9(8)11(10)15-12/h2-7H,1H3,(H,13,14). The Morgan fingerprint density at radius 1 is 1.13 bits per heavy atom. The van der Waals surface area contributed by atoms with Gasteiger partial charge in [-0.3, -0.25) is 0 Å². The highest BCUT2D eigenvalue weighted by molar-refractivity contribution is 7.23. The topological polar surface area (TPSA) is 24.9 Å². The Balaban J connectivity index is 2.47. The van der Waals surface area contributed by atoms with E-state index in [4.69, 9.17) is 0 Å². The van der Waals surface area contributed by atoms with Crippen LogP contribution in [0.2, 0.25) is 0 Å². The molecule has 3 aromatic rings. The van der Waals surface area contributed by atoms with Crippen molar-refractivity contribution in [2.24, 2.45) is 0 Å². The molecule has 0 aliphatic heterocycles. The van der Waals surface area contributed by atoms with Crippen molar-refractivity contribution in [3.63, 3.8) is 0 Å². The first kappa shape index (κ1) is 8.68. The zero-order valence-electron chi connectivity index (χ0n) is 8.32. The molecule has 0 saturated carbocycles. The van der Waals surface area contributed by atoms with E-state index in [1.165, 1.54) is 15.5 Å². The van der Waals surface area contributed by atoms with Gasteiger partial charge >= 0.3 is 0 Å². The third-order valence-corrected chi connectivity index (χ3v) is 3.62. The first-order chi connectivity index (χ1) is 7.38. The third-order valence-electron chi connectivity index (χ3n) is 2.49. The van der Waals surface area contributed by atoms with Gasteiger partial charge in [0.25, 0.3) is 0 Å². The first-order valence-corrected chi connectivity index (χ1v) is 5.66. The highest BCUT2D eigenvalue weighted by Crippen LogP contribution is 2.32. The van der Waals surface area contributed by atoms with Crippen LogP contribution < -0.4 is 5.32 Å². The van der Waals surface area contributed by atoms with Gasteiger partial charge in [0.1, 0.15) is 0 Å². The highest BCUT2D eigenvalue weighted by atomic mass is 32.1. The lowest BCUT2D eigenvalue weighted by atomic mass is 10.1. The molecule has 0 bridgehead atoms. The molecule has 3 rings (SSSR count). The van der Waals surface area contributed by atoms with Crippen molar-refractivity contribution in [1.29, 1.82) is 0 Å². The Labute approximate surface area is 91.6 Å². The molecule has 1 heterocycles. The first-order valence-electron chi connectivity index (χ1n) is 4.84. The van der Waals surface area contributed by atoms with E-state index in [9.17, 15) is 0 Å². The van der Waals surface area contributed by atoms with Crippen LogP contribution in [-0.2, 0) is 0 Å². The quantitative estimate of drug-likeness (QED) is 0.670. The number of aromatic nitrogens is 1. The summed E-state index contributed by atoms with van der Waals surface area (Å²) in [4.78, 5) is 4.49. The summed E-state index contributed by atoms with van der Waals surface area (Å²) in [6, 6.07) is 12.6. The lowest BCUT2D eigenvalue weighted by Gasteiger charge is -1.96. The van der Waals surface area contributed by atoms with Gasteiger partial charge in [0, 0.05) is 12.4 Å². The third kappa shape index (κ3) is 1.27. The summed E-state index contributed by atoms with van der Waals surface area (Å²) in [7, 11) is 1.90. The molecule has 2 nitrogen and oxygen atoms in total. The van der Waals surface area contributed by atoms with Crippen molar-refractivity contribution in [2.45, 2.75) is 0 Å². The van der Waals surface area contributed by atoms with Crippen LogP contribution in [0.25, 0.3) is 21.0 Å². The Morgan fingerprint density at radius 3 is 2.87 bits per heavy atom. The zero-order chi connectivity index (χ0) is 10.3. The van der Waals surface area contributed by atoms with Crippen molar-refractivity contribution < 1.29 is 0 Å². The molecule has 0 aliphatic rings. The number of hydrogen-bond acceptors (Lipinski definition) is 3. The summed E-state index contributed by atoms with van der Waals surface area (Å²) in [6.07, 6.45) is 0. The Hall–Kier alpha value is -1.61. The predicted molar refractivity (Wildman–Crippen MR) is 66.7 cm³/mol. The highest BCUT2D eigenvalue weighted by Gasteiger charge is 2.05. The van der Waals surface area contributed by atoms with Gasteiger partial charge in [-0.1, -0.05) is 41.7 Å². The number of nitrogens with zero attached hydrogens (tertiary/aromatic N) is 1. The maximum atomic E-state index is 4.49. The average Bonchev–Trinajstić information content (AvgIpc) is 2.72. The molecule has 0 fully saturated rings. The maximum absolute atomic E-state index is 4.49. The average molecular weight is 214 g/mol. The number of anilines is 1. The Bertz CT molecular complexity index is 628. The fourth-order valence-electron chi connectivity index (χ4n) is 1.76. The molecule has 74 valence electrons. The van der Waals surface area contributed by atoms with E-state index < -0.39 is 0 Å². The summed E-state index contributed by atoms with van der Waals surface area (Å²) < 4.78 is 1.26. The lowest BCUT2D eigenvalue weighted by molar-refractivity contribution is 1.42. The summed E-state index contributed by atoms with van der Waals surface area (Å²) in [5, 5.41) is 6.62. The summed E-state index contributed by atoms with van der Waals surface area (Å²) in [6.45, 7) is 0. The number of rotatable bonds is 1. The number of benzene rings is 2. The van der Waals surface area contributed by atoms with Crippen LogP contribution >= 0.6 is 11.3 Å². The molecule has 0 radical (unpaired) electrons. The second kappa shape index (κ2) is 3.21. The monoisotopic (exact) mass is 214 g/mol. The number of fused-ring (bicyclic) bond motifs is 3. The van der Waals surface area contributed by atoms with Crippen molar-refractivity contribution in [1.82, 2.24) is 4.98 Å². The van der Waals surface area contributed by atoms with Gasteiger partial charge in [0.05, 0.1) is 10.2 Å². The molecule has 0 amide bonds. The van der Waals surface area contributed by atoms with Crippen molar-refractivity contribution in [3.05, 3.63) is 36.4 Å². The molecule has 0 atom stereocenters. The summed E-state index contributed by atoms with van der Waals surface area (Å²) in [5.74, 6) is 0. The van der Waals surface area contributed by atoms with E-state index in [0.717, 1.165) is 10.6 Å². The van der Waals surface area contributed by atoms with Gasteiger partial charge in [0.2, 0.25) is 0 Å². The maximum Gasteiger partial charge on any atom is 0.183 e. The summed E-state index contributed by atoms with van der Waals surface area (Å²) >= 11 is 1.70. The van der Waals surface area contributed by atoms with Gasteiger partial charge in [-0.2, -0.15) is 0 Å². The molecule has 2 aromatic carbocycles. The molecule has 0 aliphatic carbocycles. The van der Waals surface area contributed by atoms with Crippen molar-refractivity contribution in [2.75, 3.05) is 12.4 Å². The minimum absolute atomic E-state index is 0.973. The largest absolute Gasteiger partial charge is 0.365 e. The lowest BCUT2D eigenvalue weighted by Crippen LogP contribution is -1.83. The van der Waals surface area contributed by atoms with Crippen LogP contribution in [-0.4, -0.2) is 12.0 Å². The van der Waals surface area contributed by atoms with Crippen molar-refractivity contribution >= 4 is 37.5 Å². The van der Waals surface area contributed by atoms with Gasteiger partial charge in [-0.05, 0) is 11.5 Å². The van der Waals surface area contributed by atoms with Crippen LogP contribution in [0, 0.1) is 0 Å². The molecule has 0 spiro atoms. The Morgan fingerprint density at radius 2 is 2.00 bits per heavy atom. The van der Waals surface area contributed by atoms with E-state index in [-0.39, 0.29) is 0 Å². The second-order valence-electron chi connectivity index (χ2n) is 3.40. The molecule has 0 unspecified atom stereocenters. The fraction of sp³-hybridized carbons (Fsp3) is 0.0833. The van der Waals surface area contributed by atoms with Crippen LogP contribution in [0.4, 0.5) is 5.13 Å². The van der Waals surface area contributed by atoms with E-state index >= 15 is 0 Å². The molecule has 1 N–H and O–H groups in total. The zero-order valence-corrected chi connectivity index (χ0v) is 9.14. The molecule has 3 heteroatoms. The fourth-order valence-corrected chi connectivity index (χ4v) is 2.72. The molecule has 0 saturated heterocycles. The van der Waals surface area contributed by atoms with E-state index in [1.54, 1.807) is 11.3 Å². The minimum Gasteiger partial charge on any atom is -0.365 e. The van der Waals surface area contributed by atoms with Crippen molar-refractivity contribution in [3.8, 4) is 0 Å². The van der Waals surface area contributed by atoms with Crippen LogP contribution in [0.15, 0.2) is 36.4 Å².